The number of nitrogens with one attached hydrogen (secondary N) is 1. The monoisotopic (exact) mass is 621 g/mol. The first-order valence-electron chi connectivity index (χ1n) is 14.1. The Hall–Kier alpha value is -4.71. The van der Waals surface area contributed by atoms with Gasteiger partial charge in [-0.15, -0.1) is 0 Å². The van der Waals surface area contributed by atoms with Crippen LogP contribution in [0.15, 0.2) is 55.0 Å². The largest absolute Gasteiger partial charge is 0.478 e. The predicted molar refractivity (Wildman–Crippen MR) is 169 cm³/mol. The Morgan fingerprint density at radius 1 is 1.02 bits per heavy atom. The van der Waals surface area contributed by atoms with E-state index in [1.54, 1.807) is 57.4 Å². The minimum Gasteiger partial charge on any atom is -0.478 e. The number of benzene rings is 1. The number of likely N-dealkylation sites (N-methyl/N-ethyl adjacent to an activating group) is 1. The average Bonchev–Trinajstić information content (AvgIpc) is 2.98. The van der Waals surface area contributed by atoms with Crippen LogP contribution in [0, 0.1) is 0 Å². The van der Waals surface area contributed by atoms with Gasteiger partial charge in [0.05, 0.1) is 5.02 Å². The Morgan fingerprint density at radius 2 is 1.70 bits per heavy atom. The lowest BCUT2D eigenvalue weighted by atomic mass is 10.1. The molecule has 2 N–H and O–H groups in total. The number of carbonyl (C=O) groups excluding carboxylic acids is 2. The van der Waals surface area contributed by atoms with Crippen molar-refractivity contribution in [3.05, 3.63) is 71.1 Å². The molecule has 3 heterocycles. The highest BCUT2D eigenvalue weighted by molar-refractivity contribution is 6.33. The van der Waals surface area contributed by atoms with Gasteiger partial charge < -0.3 is 29.9 Å². The number of anilines is 2. The first kappa shape index (κ1) is 32.2. The molecular formula is C31H36ClN7O5. The van der Waals surface area contributed by atoms with Gasteiger partial charge in [-0.1, -0.05) is 29.8 Å². The van der Waals surface area contributed by atoms with Gasteiger partial charge >= 0.3 is 12.1 Å². The number of amides is 2. The highest BCUT2D eigenvalue weighted by atomic mass is 35.5. The molecule has 0 unspecified atom stereocenters. The van der Waals surface area contributed by atoms with E-state index in [-0.39, 0.29) is 12.5 Å². The second kappa shape index (κ2) is 14.2. The number of piperazine rings is 1. The van der Waals surface area contributed by atoms with Crippen molar-refractivity contribution in [2.24, 2.45) is 0 Å². The van der Waals surface area contributed by atoms with Gasteiger partial charge in [-0.3, -0.25) is 4.79 Å². The van der Waals surface area contributed by atoms with Gasteiger partial charge in [0.1, 0.15) is 18.0 Å². The van der Waals surface area contributed by atoms with E-state index < -0.39 is 17.7 Å². The Kier molecular flexibility index (Phi) is 10.4. The molecule has 1 fully saturated rings. The second-order valence-corrected chi connectivity index (χ2v) is 11.7. The van der Waals surface area contributed by atoms with Gasteiger partial charge in [0, 0.05) is 70.0 Å². The highest BCUT2D eigenvalue weighted by Gasteiger charge is 2.22. The molecule has 1 aromatic carbocycles. The molecule has 1 saturated heterocycles. The zero-order valence-corrected chi connectivity index (χ0v) is 25.9. The lowest BCUT2D eigenvalue weighted by molar-refractivity contribution is -0.131. The fourth-order valence-electron chi connectivity index (χ4n) is 4.50. The Labute approximate surface area is 261 Å². The second-order valence-electron chi connectivity index (χ2n) is 11.3. The maximum absolute atomic E-state index is 12.5. The van der Waals surface area contributed by atoms with E-state index in [1.165, 1.54) is 6.08 Å². The molecule has 0 bridgehead atoms. The highest BCUT2D eigenvalue weighted by Crippen LogP contribution is 2.27. The molecule has 3 aromatic rings. The zero-order chi connectivity index (χ0) is 31.9. The average molecular weight is 622 g/mol. The molecule has 0 aliphatic carbocycles. The number of carboxylic acid groups (broad SMARTS) is 1. The number of aromatic nitrogens is 3. The van der Waals surface area contributed by atoms with E-state index in [0.29, 0.717) is 55.1 Å². The molecule has 0 radical (unpaired) electrons. The molecular weight excluding hydrogens is 586 g/mol. The molecule has 1 aliphatic rings. The summed E-state index contributed by atoms with van der Waals surface area (Å²) in [7, 11) is 1.68. The van der Waals surface area contributed by atoms with E-state index >= 15 is 0 Å². The van der Waals surface area contributed by atoms with Crippen molar-refractivity contribution in [1.82, 2.24) is 25.2 Å². The summed E-state index contributed by atoms with van der Waals surface area (Å²) in [5.41, 5.74) is 2.68. The number of carbonyl (C=O) groups is 3. The van der Waals surface area contributed by atoms with Crippen molar-refractivity contribution < 1.29 is 24.2 Å². The summed E-state index contributed by atoms with van der Waals surface area (Å²) >= 11 is 6.44. The van der Waals surface area contributed by atoms with Crippen LogP contribution >= 0.6 is 11.6 Å². The maximum Gasteiger partial charge on any atom is 0.408 e. The van der Waals surface area contributed by atoms with E-state index in [4.69, 9.17) is 21.4 Å². The predicted octanol–water partition coefficient (Wildman–Crippen LogP) is 4.10. The van der Waals surface area contributed by atoms with Crippen LogP contribution in [0.2, 0.25) is 5.02 Å². The fourth-order valence-corrected chi connectivity index (χ4v) is 4.79. The van der Waals surface area contributed by atoms with Gasteiger partial charge in [0.2, 0.25) is 11.9 Å². The molecule has 232 valence electrons. The van der Waals surface area contributed by atoms with Crippen LogP contribution in [0.4, 0.5) is 16.6 Å². The summed E-state index contributed by atoms with van der Waals surface area (Å²) in [6, 6.07) is 9.51. The molecule has 12 nitrogen and oxygen atoms in total. The Bertz CT molecular complexity index is 1520. The van der Waals surface area contributed by atoms with Crippen molar-refractivity contribution in [2.45, 2.75) is 32.9 Å². The van der Waals surface area contributed by atoms with Crippen LogP contribution in [0.5, 0.6) is 0 Å². The number of hydrogen-bond donors (Lipinski definition) is 2. The third-order valence-electron chi connectivity index (χ3n) is 6.65. The molecule has 2 aromatic heterocycles. The van der Waals surface area contributed by atoms with Crippen molar-refractivity contribution >= 4 is 47.4 Å². The number of alkyl carbamates (subject to hydrolysis) is 1. The molecule has 0 atom stereocenters. The number of carboxylic acids is 1. The molecule has 1 aliphatic heterocycles. The third kappa shape index (κ3) is 9.14. The van der Waals surface area contributed by atoms with E-state index in [9.17, 15) is 14.4 Å². The van der Waals surface area contributed by atoms with Gasteiger partial charge in [0.15, 0.2) is 0 Å². The van der Waals surface area contributed by atoms with Crippen LogP contribution < -0.4 is 15.1 Å². The van der Waals surface area contributed by atoms with Gasteiger partial charge in [-0.2, -0.15) is 0 Å². The van der Waals surface area contributed by atoms with Gasteiger partial charge in [0.25, 0.3) is 0 Å². The summed E-state index contributed by atoms with van der Waals surface area (Å²) in [4.78, 5) is 54.5. The van der Waals surface area contributed by atoms with E-state index in [1.807, 2.05) is 24.3 Å². The minimum atomic E-state index is -1.03. The summed E-state index contributed by atoms with van der Waals surface area (Å²) in [6.45, 7) is 8.19. The molecule has 13 heteroatoms. The van der Waals surface area contributed by atoms with Crippen molar-refractivity contribution in [1.29, 1.82) is 0 Å². The molecule has 44 heavy (non-hydrogen) atoms. The SMILES string of the molecule is CN(Cc1cccc(-c2cnc(N3CCN(c4ncc(C=CC(=O)O)cc4Cl)CC3)nc2)c1)C(=O)CNC(=O)OC(C)(C)C. The Morgan fingerprint density at radius 3 is 2.34 bits per heavy atom. The number of hydrogen-bond acceptors (Lipinski definition) is 9. The normalized spacial score (nSPS) is 13.6. The van der Waals surface area contributed by atoms with Crippen molar-refractivity contribution in [3.63, 3.8) is 0 Å². The smallest absolute Gasteiger partial charge is 0.408 e. The molecule has 0 saturated carbocycles. The number of rotatable bonds is 9. The maximum atomic E-state index is 12.5. The summed E-state index contributed by atoms with van der Waals surface area (Å²) in [5.74, 6) is 0.00739. The lowest BCUT2D eigenvalue weighted by Gasteiger charge is -2.35. The standard InChI is InChI=1S/C31H36ClN7O5/c1-31(2,3)44-30(43)36-19-26(40)37(4)20-22-6-5-7-23(14-22)24-17-34-29(35-18-24)39-12-10-38(11-13-39)28-25(32)15-21(16-33-28)8-9-27(41)42/h5-9,14-18H,10-13,19-20H2,1-4H3,(H,36,43)(H,41,42). The third-order valence-corrected chi connectivity index (χ3v) is 6.93. The summed E-state index contributed by atoms with van der Waals surface area (Å²) in [5, 5.41) is 11.8. The number of halogens is 1. The van der Waals surface area contributed by atoms with Crippen LogP contribution in [0.3, 0.4) is 0 Å². The minimum absolute atomic E-state index is 0.156. The lowest BCUT2D eigenvalue weighted by Crippen LogP contribution is -2.47. The molecule has 0 spiro atoms. The molecule has 2 amide bonds. The van der Waals surface area contributed by atoms with Crippen LogP contribution in [-0.4, -0.2) is 88.3 Å². The number of ether oxygens (including phenoxy) is 1. The molecule has 4 rings (SSSR count). The fraction of sp³-hybridized carbons (Fsp3) is 0.355. The van der Waals surface area contributed by atoms with Crippen LogP contribution in [-0.2, 0) is 20.9 Å². The van der Waals surface area contributed by atoms with Crippen LogP contribution in [0.25, 0.3) is 17.2 Å². The summed E-state index contributed by atoms with van der Waals surface area (Å²) < 4.78 is 5.18. The van der Waals surface area contributed by atoms with E-state index in [0.717, 1.165) is 22.8 Å². The zero-order valence-electron chi connectivity index (χ0n) is 25.2. The first-order chi connectivity index (χ1) is 20.9. The first-order valence-corrected chi connectivity index (χ1v) is 14.4. The van der Waals surface area contributed by atoms with Crippen LogP contribution in [0.1, 0.15) is 31.9 Å². The van der Waals surface area contributed by atoms with Gasteiger partial charge in [-0.05, 0) is 55.7 Å². The number of pyridine rings is 1. The Balaban J connectivity index is 1.31. The quantitative estimate of drug-likeness (QED) is 0.335. The summed E-state index contributed by atoms with van der Waals surface area (Å²) in [6.07, 6.45) is 7.04. The van der Waals surface area contributed by atoms with Gasteiger partial charge in [-0.25, -0.2) is 24.5 Å². The van der Waals surface area contributed by atoms with Crippen molar-refractivity contribution in [3.8, 4) is 11.1 Å². The number of aliphatic carboxylic acids is 1. The topological polar surface area (TPSA) is 141 Å². The van der Waals surface area contributed by atoms with Crippen molar-refractivity contribution in [2.75, 3.05) is 49.6 Å². The van der Waals surface area contributed by atoms with E-state index in [2.05, 4.69) is 30.1 Å². The number of nitrogens with zero attached hydrogens (tertiary/aromatic N) is 6.